The molecule has 0 saturated carbocycles. The minimum atomic E-state index is 1.16. The van der Waals surface area contributed by atoms with Crippen LogP contribution in [0.25, 0.3) is 0 Å². The highest BCUT2D eigenvalue weighted by atomic mass is 15.5. The highest BCUT2D eigenvalue weighted by Gasteiger charge is 2.24. The van der Waals surface area contributed by atoms with Gasteiger partial charge in [0.15, 0.2) is 0 Å². The van der Waals surface area contributed by atoms with Crippen molar-refractivity contribution in [2.45, 2.75) is 19.3 Å². The molecule has 68 valence electrons. The van der Waals surface area contributed by atoms with Crippen LogP contribution >= 0.6 is 0 Å². The van der Waals surface area contributed by atoms with Gasteiger partial charge in [-0.3, -0.25) is 4.68 Å². The van der Waals surface area contributed by atoms with Crippen molar-refractivity contribution in [1.82, 2.24) is 4.68 Å². The number of aromatic nitrogens is 1. The minimum absolute atomic E-state index is 1.16. The summed E-state index contributed by atoms with van der Waals surface area (Å²) in [5, 5.41) is 2.41. The van der Waals surface area contributed by atoms with Gasteiger partial charge in [0.25, 0.3) is 0 Å². The molecule has 1 aromatic rings. The Labute approximate surface area is 78.4 Å². The third-order valence-electron chi connectivity index (χ3n) is 3.12. The van der Waals surface area contributed by atoms with Gasteiger partial charge in [-0.2, -0.15) is 0 Å². The van der Waals surface area contributed by atoms with E-state index < -0.39 is 0 Å². The lowest BCUT2D eigenvalue weighted by Crippen LogP contribution is -2.32. The Morgan fingerprint density at radius 2 is 1.54 bits per heavy atom. The summed E-state index contributed by atoms with van der Waals surface area (Å²) in [6.45, 7) is 2.31. The van der Waals surface area contributed by atoms with Crippen LogP contribution in [0.4, 0.5) is 0 Å². The monoisotopic (exact) mass is 174 g/mol. The van der Waals surface area contributed by atoms with Crippen LogP contribution in [0.5, 0.6) is 0 Å². The van der Waals surface area contributed by atoms with Crippen molar-refractivity contribution in [3.8, 4) is 0 Å². The molecule has 0 saturated heterocycles. The van der Waals surface area contributed by atoms with Gasteiger partial charge in [0.05, 0.1) is 13.1 Å². The van der Waals surface area contributed by atoms with Gasteiger partial charge in [-0.25, -0.2) is 0 Å². The number of hydrogen-bond acceptors (Lipinski definition) is 1. The third-order valence-corrected chi connectivity index (χ3v) is 3.12. The Morgan fingerprint density at radius 3 is 2.15 bits per heavy atom. The zero-order valence-corrected chi connectivity index (χ0v) is 7.74. The first-order valence-electron chi connectivity index (χ1n) is 5.01. The number of nitrogens with zero attached hydrogens (tertiary/aromatic N) is 2. The lowest BCUT2D eigenvalue weighted by atomic mass is 10.2. The van der Waals surface area contributed by atoms with E-state index in [9.17, 15) is 0 Å². The van der Waals surface area contributed by atoms with Crippen molar-refractivity contribution in [2.24, 2.45) is 0 Å². The molecule has 2 nitrogen and oxygen atoms in total. The second kappa shape index (κ2) is 2.66. The molecule has 2 heteroatoms. The van der Waals surface area contributed by atoms with Gasteiger partial charge < -0.3 is 5.01 Å². The average Bonchev–Trinajstić information content (AvgIpc) is 2.78. The van der Waals surface area contributed by atoms with Crippen molar-refractivity contribution in [2.75, 3.05) is 18.1 Å². The van der Waals surface area contributed by atoms with Crippen molar-refractivity contribution in [1.29, 1.82) is 0 Å². The Balaban J connectivity index is 1.80. The van der Waals surface area contributed by atoms with E-state index >= 15 is 0 Å². The maximum absolute atomic E-state index is 2.41. The zero-order valence-electron chi connectivity index (χ0n) is 7.74. The molecule has 2 aliphatic rings. The second-order valence-corrected chi connectivity index (χ2v) is 3.95. The third kappa shape index (κ3) is 1.09. The molecule has 0 amide bonds. The van der Waals surface area contributed by atoms with Gasteiger partial charge in [-0.1, -0.05) is 0 Å². The highest BCUT2D eigenvalue weighted by Crippen LogP contribution is 2.31. The molecule has 2 heterocycles. The van der Waals surface area contributed by atoms with Crippen LogP contribution in [0.2, 0.25) is 0 Å². The van der Waals surface area contributed by atoms with Crippen LogP contribution in [0.15, 0.2) is 35.7 Å². The second-order valence-electron chi connectivity index (χ2n) is 3.95. The maximum Gasteiger partial charge on any atom is 0.0561 e. The van der Waals surface area contributed by atoms with E-state index in [0.717, 1.165) is 13.1 Å². The molecule has 0 fully saturated rings. The summed E-state index contributed by atoms with van der Waals surface area (Å²) in [5.41, 5.74) is 3.40. The zero-order chi connectivity index (χ0) is 8.67. The van der Waals surface area contributed by atoms with E-state index in [4.69, 9.17) is 0 Å². The normalized spacial score (nSPS) is 21.4. The first kappa shape index (κ1) is 7.25. The van der Waals surface area contributed by atoms with Crippen LogP contribution in [0.3, 0.4) is 0 Å². The molecule has 0 unspecified atom stereocenters. The van der Waals surface area contributed by atoms with E-state index in [0.29, 0.717) is 0 Å². The number of rotatable bonds is 1. The first-order valence-corrected chi connectivity index (χ1v) is 5.01. The van der Waals surface area contributed by atoms with Gasteiger partial charge in [-0.15, -0.1) is 0 Å². The topological polar surface area (TPSA) is 8.17 Å². The predicted molar refractivity (Wildman–Crippen MR) is 53.3 cm³/mol. The summed E-state index contributed by atoms with van der Waals surface area (Å²) in [7, 11) is 0. The SMILES string of the molecule is c1ccn(N2CC3=C(CCC3)C2)c1. The maximum atomic E-state index is 2.41. The lowest BCUT2D eigenvalue weighted by molar-refractivity contribution is 0.647. The molecule has 0 spiro atoms. The average molecular weight is 174 g/mol. The van der Waals surface area contributed by atoms with Gasteiger partial charge in [0.2, 0.25) is 0 Å². The molecule has 0 bridgehead atoms. The fraction of sp³-hybridized carbons (Fsp3) is 0.455. The molecule has 13 heavy (non-hydrogen) atoms. The van der Waals surface area contributed by atoms with E-state index in [1.165, 1.54) is 19.3 Å². The Morgan fingerprint density at radius 1 is 0.923 bits per heavy atom. The highest BCUT2D eigenvalue weighted by molar-refractivity contribution is 5.33. The van der Waals surface area contributed by atoms with Crippen LogP contribution in [0.1, 0.15) is 19.3 Å². The summed E-state index contributed by atoms with van der Waals surface area (Å²) in [5.74, 6) is 0. The van der Waals surface area contributed by atoms with Crippen LogP contribution < -0.4 is 5.01 Å². The fourth-order valence-electron chi connectivity index (χ4n) is 2.42. The van der Waals surface area contributed by atoms with Gasteiger partial charge >= 0.3 is 0 Å². The summed E-state index contributed by atoms with van der Waals surface area (Å²) in [4.78, 5) is 0. The molecular formula is C11H14N2. The van der Waals surface area contributed by atoms with Gasteiger partial charge in [0.1, 0.15) is 0 Å². The smallest absolute Gasteiger partial charge is 0.0561 e. The Bertz CT molecular complexity index is 319. The molecule has 3 rings (SSSR count). The quantitative estimate of drug-likeness (QED) is 0.590. The summed E-state index contributed by atoms with van der Waals surface area (Å²) in [6.07, 6.45) is 8.33. The predicted octanol–water partition coefficient (Wildman–Crippen LogP) is 1.92. The van der Waals surface area contributed by atoms with E-state index in [2.05, 4.69) is 34.2 Å². The molecule has 1 aliphatic heterocycles. The van der Waals surface area contributed by atoms with Crippen molar-refractivity contribution >= 4 is 0 Å². The largest absolute Gasteiger partial charge is 0.305 e. The standard InChI is InChI=1S/C11H14N2/c1-2-7-12(6-1)13-8-10-4-3-5-11(10)9-13/h1-2,6-7H,3-5,8-9H2. The van der Waals surface area contributed by atoms with Gasteiger partial charge in [-0.05, 0) is 42.5 Å². The molecular weight excluding hydrogens is 160 g/mol. The van der Waals surface area contributed by atoms with Crippen molar-refractivity contribution < 1.29 is 0 Å². The molecule has 1 aliphatic carbocycles. The molecule has 1 aromatic heterocycles. The molecule has 0 atom stereocenters. The summed E-state index contributed by atoms with van der Waals surface area (Å²) >= 11 is 0. The van der Waals surface area contributed by atoms with Crippen LogP contribution in [-0.2, 0) is 0 Å². The van der Waals surface area contributed by atoms with Gasteiger partial charge in [0, 0.05) is 12.4 Å². The van der Waals surface area contributed by atoms with Crippen LogP contribution in [0, 0.1) is 0 Å². The van der Waals surface area contributed by atoms with E-state index in [1.54, 1.807) is 11.1 Å². The summed E-state index contributed by atoms with van der Waals surface area (Å²) in [6, 6.07) is 4.17. The lowest BCUT2D eigenvalue weighted by Gasteiger charge is -2.21. The van der Waals surface area contributed by atoms with E-state index in [-0.39, 0.29) is 0 Å². The Hall–Kier alpha value is -1.18. The minimum Gasteiger partial charge on any atom is -0.305 e. The fourth-order valence-corrected chi connectivity index (χ4v) is 2.42. The Kier molecular flexibility index (Phi) is 1.48. The first-order chi connectivity index (χ1) is 6.43. The van der Waals surface area contributed by atoms with Crippen molar-refractivity contribution in [3.63, 3.8) is 0 Å². The molecule has 0 radical (unpaired) electrons. The number of hydrogen-bond donors (Lipinski definition) is 0. The molecule has 0 aromatic carbocycles. The van der Waals surface area contributed by atoms with Crippen molar-refractivity contribution in [3.05, 3.63) is 35.7 Å². The molecule has 0 N–H and O–H groups in total. The van der Waals surface area contributed by atoms with Crippen LogP contribution in [-0.4, -0.2) is 17.8 Å². The summed E-state index contributed by atoms with van der Waals surface area (Å²) < 4.78 is 2.21. The van der Waals surface area contributed by atoms with E-state index in [1.807, 2.05) is 0 Å².